The number of aryl methyl sites for hydroxylation is 3. The fourth-order valence-corrected chi connectivity index (χ4v) is 3.76. The van der Waals surface area contributed by atoms with Gasteiger partial charge in [-0.3, -0.25) is 9.59 Å². The lowest BCUT2D eigenvalue weighted by Crippen LogP contribution is -2.54. The van der Waals surface area contributed by atoms with Gasteiger partial charge in [-0.25, -0.2) is 0 Å². The Balaban J connectivity index is 1.65. The zero-order chi connectivity index (χ0) is 21.0. The monoisotopic (exact) mass is 393 g/mol. The normalized spacial score (nSPS) is 18.9. The summed E-state index contributed by atoms with van der Waals surface area (Å²) < 4.78 is 0. The van der Waals surface area contributed by atoms with E-state index < -0.39 is 0 Å². The molecular weight excluding hydrogens is 362 g/mol. The van der Waals surface area contributed by atoms with Gasteiger partial charge in [-0.05, 0) is 80.6 Å². The minimum absolute atomic E-state index is 0.0245. The second-order valence-electron chi connectivity index (χ2n) is 8.06. The molecule has 5 heteroatoms. The van der Waals surface area contributed by atoms with Crippen LogP contribution in [0.3, 0.4) is 0 Å². The number of hydrogen-bond donors (Lipinski definition) is 3. The largest absolute Gasteiger partial charge is 0.352 e. The van der Waals surface area contributed by atoms with Crippen LogP contribution in [-0.2, 0) is 11.3 Å². The third-order valence-corrected chi connectivity index (χ3v) is 6.07. The molecule has 2 atom stereocenters. The van der Waals surface area contributed by atoms with Crippen LogP contribution in [-0.4, -0.2) is 30.9 Å². The lowest BCUT2D eigenvalue weighted by Gasteiger charge is -2.32. The maximum absolute atomic E-state index is 12.9. The lowest BCUT2D eigenvalue weighted by atomic mass is 9.91. The fourth-order valence-electron chi connectivity index (χ4n) is 3.76. The zero-order valence-corrected chi connectivity index (χ0v) is 17.8. The van der Waals surface area contributed by atoms with Crippen molar-refractivity contribution in [2.24, 2.45) is 5.92 Å². The van der Waals surface area contributed by atoms with Gasteiger partial charge in [0.05, 0.1) is 5.92 Å². The quantitative estimate of drug-likeness (QED) is 0.731. The minimum atomic E-state index is -0.288. The first-order valence-electron chi connectivity index (χ1n) is 10.3. The van der Waals surface area contributed by atoms with Gasteiger partial charge >= 0.3 is 0 Å². The third-order valence-electron chi connectivity index (χ3n) is 6.07. The van der Waals surface area contributed by atoms with Gasteiger partial charge in [0, 0.05) is 24.7 Å². The average Bonchev–Trinajstić information content (AvgIpc) is 2.71. The SMILES string of the molecule is Cc1ccc(C(=O)NC2CCNCC2C(=O)NCc2cccc(C)c2C)cc1C. The van der Waals surface area contributed by atoms with Crippen molar-refractivity contribution >= 4 is 11.8 Å². The highest BCUT2D eigenvalue weighted by Gasteiger charge is 2.32. The van der Waals surface area contributed by atoms with Crippen LogP contribution in [0.4, 0.5) is 0 Å². The summed E-state index contributed by atoms with van der Waals surface area (Å²) in [7, 11) is 0. The minimum Gasteiger partial charge on any atom is -0.352 e. The molecule has 1 fully saturated rings. The molecule has 1 saturated heterocycles. The molecule has 1 aliphatic rings. The van der Waals surface area contributed by atoms with E-state index in [2.05, 4.69) is 35.9 Å². The van der Waals surface area contributed by atoms with Gasteiger partial charge in [0.15, 0.2) is 0 Å². The van der Waals surface area contributed by atoms with E-state index in [0.717, 1.165) is 29.7 Å². The molecular formula is C24H31N3O2. The maximum Gasteiger partial charge on any atom is 0.251 e. The number of hydrogen-bond acceptors (Lipinski definition) is 3. The summed E-state index contributed by atoms with van der Waals surface area (Å²) in [5, 5.41) is 9.44. The van der Waals surface area contributed by atoms with Gasteiger partial charge in [-0.2, -0.15) is 0 Å². The number of carbonyl (C=O) groups is 2. The second kappa shape index (κ2) is 9.23. The number of piperidine rings is 1. The van der Waals surface area contributed by atoms with E-state index in [4.69, 9.17) is 0 Å². The topological polar surface area (TPSA) is 70.2 Å². The average molecular weight is 394 g/mol. The number of benzene rings is 2. The Morgan fingerprint density at radius 1 is 1.03 bits per heavy atom. The molecule has 0 radical (unpaired) electrons. The molecule has 1 aliphatic heterocycles. The van der Waals surface area contributed by atoms with Crippen molar-refractivity contribution in [2.45, 2.75) is 46.7 Å². The summed E-state index contributed by atoms with van der Waals surface area (Å²) in [5.74, 6) is -0.430. The summed E-state index contributed by atoms with van der Waals surface area (Å²) in [6, 6.07) is 11.7. The first kappa shape index (κ1) is 21.1. The highest BCUT2D eigenvalue weighted by atomic mass is 16.2. The molecule has 0 aromatic heterocycles. The fraction of sp³-hybridized carbons (Fsp3) is 0.417. The van der Waals surface area contributed by atoms with Gasteiger partial charge in [-0.1, -0.05) is 24.3 Å². The Labute approximate surface area is 173 Å². The molecule has 3 rings (SSSR count). The smallest absolute Gasteiger partial charge is 0.251 e. The highest BCUT2D eigenvalue weighted by Crippen LogP contribution is 2.16. The highest BCUT2D eigenvalue weighted by molar-refractivity contribution is 5.95. The molecule has 0 saturated carbocycles. The number of amides is 2. The van der Waals surface area contributed by atoms with Crippen molar-refractivity contribution in [3.63, 3.8) is 0 Å². The maximum atomic E-state index is 12.9. The zero-order valence-electron chi connectivity index (χ0n) is 17.8. The van der Waals surface area contributed by atoms with Crippen molar-refractivity contribution < 1.29 is 9.59 Å². The summed E-state index contributed by atoms with van der Waals surface area (Å²) in [4.78, 5) is 25.6. The van der Waals surface area contributed by atoms with Crippen LogP contribution >= 0.6 is 0 Å². The van der Waals surface area contributed by atoms with Crippen LogP contribution in [0.15, 0.2) is 36.4 Å². The standard InChI is InChI=1S/C24H31N3O2/c1-15-8-9-19(12-17(15)3)23(28)27-22-10-11-25-14-21(22)24(29)26-13-20-7-5-6-16(2)18(20)4/h5-9,12,21-22,25H,10-11,13-14H2,1-4H3,(H,26,29)(H,27,28). The van der Waals surface area contributed by atoms with Gasteiger partial charge in [0.1, 0.15) is 0 Å². The van der Waals surface area contributed by atoms with Crippen molar-refractivity contribution in [1.29, 1.82) is 0 Å². The van der Waals surface area contributed by atoms with E-state index >= 15 is 0 Å². The summed E-state index contributed by atoms with van der Waals surface area (Å²) in [6.45, 7) is 10.0. The molecule has 0 aliphatic carbocycles. The molecule has 1 heterocycles. The molecule has 3 N–H and O–H groups in total. The molecule has 2 amide bonds. The molecule has 2 aromatic rings. The molecule has 154 valence electrons. The summed E-state index contributed by atoms with van der Waals surface area (Å²) >= 11 is 0. The van der Waals surface area contributed by atoms with E-state index in [1.165, 1.54) is 11.1 Å². The first-order chi connectivity index (χ1) is 13.9. The Bertz CT molecular complexity index is 907. The van der Waals surface area contributed by atoms with Crippen molar-refractivity contribution in [1.82, 2.24) is 16.0 Å². The van der Waals surface area contributed by atoms with Gasteiger partial charge in [-0.15, -0.1) is 0 Å². The third kappa shape index (κ3) is 5.04. The molecule has 5 nitrogen and oxygen atoms in total. The van der Waals surface area contributed by atoms with Crippen molar-refractivity contribution in [3.8, 4) is 0 Å². The Morgan fingerprint density at radius 3 is 2.59 bits per heavy atom. The van der Waals surface area contributed by atoms with Crippen LogP contribution in [0.1, 0.15) is 44.6 Å². The Hall–Kier alpha value is -2.66. The van der Waals surface area contributed by atoms with Gasteiger partial charge < -0.3 is 16.0 Å². The van der Waals surface area contributed by atoms with Crippen LogP contribution in [0.5, 0.6) is 0 Å². The number of carbonyl (C=O) groups excluding carboxylic acids is 2. The van der Waals surface area contributed by atoms with Gasteiger partial charge in [0.25, 0.3) is 5.91 Å². The van der Waals surface area contributed by atoms with Crippen LogP contribution < -0.4 is 16.0 Å². The second-order valence-corrected chi connectivity index (χ2v) is 8.06. The van der Waals surface area contributed by atoms with E-state index in [1.54, 1.807) is 0 Å². The van der Waals surface area contributed by atoms with Crippen LogP contribution in [0, 0.1) is 33.6 Å². The number of nitrogens with one attached hydrogen (secondary N) is 3. The molecule has 2 unspecified atom stereocenters. The Morgan fingerprint density at radius 2 is 1.83 bits per heavy atom. The molecule has 2 aromatic carbocycles. The molecule has 29 heavy (non-hydrogen) atoms. The predicted octanol–water partition coefficient (Wildman–Crippen LogP) is 2.94. The van der Waals surface area contributed by atoms with E-state index in [-0.39, 0.29) is 23.8 Å². The lowest BCUT2D eigenvalue weighted by molar-refractivity contribution is -0.126. The van der Waals surface area contributed by atoms with E-state index in [0.29, 0.717) is 18.7 Å². The summed E-state index contributed by atoms with van der Waals surface area (Å²) in [5.41, 5.74) is 6.43. The van der Waals surface area contributed by atoms with E-state index in [1.807, 2.05) is 44.2 Å². The van der Waals surface area contributed by atoms with Crippen molar-refractivity contribution in [3.05, 3.63) is 69.8 Å². The molecule has 0 bridgehead atoms. The summed E-state index contributed by atoms with van der Waals surface area (Å²) in [6.07, 6.45) is 0.734. The van der Waals surface area contributed by atoms with E-state index in [9.17, 15) is 9.59 Å². The van der Waals surface area contributed by atoms with Crippen molar-refractivity contribution in [2.75, 3.05) is 13.1 Å². The van der Waals surface area contributed by atoms with Crippen LogP contribution in [0.25, 0.3) is 0 Å². The predicted molar refractivity (Wildman–Crippen MR) is 116 cm³/mol. The molecule has 0 spiro atoms. The Kier molecular flexibility index (Phi) is 6.70. The first-order valence-corrected chi connectivity index (χ1v) is 10.3. The number of rotatable bonds is 5. The van der Waals surface area contributed by atoms with Crippen LogP contribution in [0.2, 0.25) is 0 Å². The van der Waals surface area contributed by atoms with Gasteiger partial charge in [0.2, 0.25) is 5.91 Å².